The van der Waals surface area contributed by atoms with Crippen molar-refractivity contribution in [3.63, 3.8) is 0 Å². The molecule has 3 aromatic rings. The lowest BCUT2D eigenvalue weighted by atomic mass is 9.92. The average Bonchev–Trinajstić information content (AvgIpc) is 3.30. The van der Waals surface area contributed by atoms with Gasteiger partial charge in [0, 0.05) is 24.7 Å². The molecule has 1 amide bonds. The van der Waals surface area contributed by atoms with Crippen LogP contribution in [-0.2, 0) is 27.7 Å². The van der Waals surface area contributed by atoms with Gasteiger partial charge in [-0.15, -0.1) is 5.10 Å². The molecular weight excluding hydrogens is 471 g/mol. The maximum atomic E-state index is 14.3. The van der Waals surface area contributed by atoms with E-state index in [0.717, 1.165) is 31.2 Å². The first kappa shape index (κ1) is 23.6. The smallest absolute Gasteiger partial charge is 0.243 e. The van der Waals surface area contributed by atoms with E-state index in [1.807, 2.05) is 12.1 Å². The second kappa shape index (κ2) is 9.46. The number of carbonyl (C=O) groups excluding carboxylic acids is 1. The summed E-state index contributed by atoms with van der Waals surface area (Å²) >= 11 is 0. The maximum absolute atomic E-state index is 14.3. The van der Waals surface area contributed by atoms with Crippen molar-refractivity contribution in [3.8, 4) is 5.69 Å². The number of tetrazole rings is 1. The van der Waals surface area contributed by atoms with Crippen molar-refractivity contribution in [1.82, 2.24) is 24.5 Å². The van der Waals surface area contributed by atoms with Crippen LogP contribution in [0.25, 0.3) is 5.69 Å². The molecule has 1 fully saturated rings. The van der Waals surface area contributed by atoms with Crippen LogP contribution in [0.15, 0.2) is 41.3 Å². The van der Waals surface area contributed by atoms with Crippen LogP contribution in [0.2, 0.25) is 0 Å². The Morgan fingerprint density at radius 1 is 1.06 bits per heavy atom. The minimum Gasteiger partial charge on any atom is -0.326 e. The van der Waals surface area contributed by atoms with Crippen LogP contribution in [0.1, 0.15) is 42.6 Å². The highest BCUT2D eigenvalue weighted by molar-refractivity contribution is 7.89. The van der Waals surface area contributed by atoms with Crippen LogP contribution in [0.4, 0.5) is 10.1 Å². The highest BCUT2D eigenvalue weighted by Gasteiger charge is 2.32. The molecule has 0 spiro atoms. The number of benzene rings is 2. The van der Waals surface area contributed by atoms with Crippen molar-refractivity contribution in [3.05, 3.63) is 59.2 Å². The van der Waals surface area contributed by atoms with Gasteiger partial charge in [0.1, 0.15) is 11.5 Å². The Balaban J connectivity index is 1.24. The summed E-state index contributed by atoms with van der Waals surface area (Å²) in [5.41, 5.74) is 2.92. The lowest BCUT2D eigenvalue weighted by molar-refractivity contribution is -0.120. The quantitative estimate of drug-likeness (QED) is 0.579. The molecule has 0 unspecified atom stereocenters. The summed E-state index contributed by atoms with van der Waals surface area (Å²) in [6, 6.07) is 9.67. The lowest BCUT2D eigenvalue weighted by Gasteiger charge is -2.31. The van der Waals surface area contributed by atoms with Gasteiger partial charge in [0.2, 0.25) is 15.9 Å². The summed E-state index contributed by atoms with van der Waals surface area (Å²) in [7, 11) is -3.60. The third kappa shape index (κ3) is 4.70. The number of piperidine rings is 1. The van der Waals surface area contributed by atoms with Crippen LogP contribution in [0, 0.1) is 18.7 Å². The van der Waals surface area contributed by atoms with Crippen molar-refractivity contribution in [2.45, 2.75) is 50.3 Å². The van der Waals surface area contributed by atoms with E-state index in [1.165, 1.54) is 32.7 Å². The molecule has 184 valence electrons. The molecule has 5 rings (SSSR count). The molecule has 1 saturated heterocycles. The zero-order valence-corrected chi connectivity index (χ0v) is 20.3. The lowest BCUT2D eigenvalue weighted by Crippen LogP contribution is -2.41. The normalized spacial score (nSPS) is 17.2. The first-order chi connectivity index (χ1) is 16.8. The number of carbonyl (C=O) groups is 1. The molecule has 1 aliphatic heterocycles. The molecule has 2 aliphatic rings. The van der Waals surface area contributed by atoms with E-state index in [9.17, 15) is 17.6 Å². The van der Waals surface area contributed by atoms with E-state index in [4.69, 9.17) is 0 Å². The predicted molar refractivity (Wildman–Crippen MR) is 127 cm³/mol. The number of rotatable bonds is 5. The Bertz CT molecular complexity index is 1370. The molecule has 0 atom stereocenters. The van der Waals surface area contributed by atoms with Gasteiger partial charge >= 0.3 is 0 Å². The Kier molecular flexibility index (Phi) is 6.37. The molecule has 2 aromatic carbocycles. The summed E-state index contributed by atoms with van der Waals surface area (Å²) in [5.74, 6) is -0.658. The van der Waals surface area contributed by atoms with Crippen molar-refractivity contribution >= 4 is 21.6 Å². The van der Waals surface area contributed by atoms with Crippen LogP contribution in [-0.4, -0.2) is 51.9 Å². The zero-order valence-electron chi connectivity index (χ0n) is 19.4. The molecule has 1 aromatic heterocycles. The Hall–Kier alpha value is -3.18. The van der Waals surface area contributed by atoms with Gasteiger partial charge in [0.05, 0.1) is 4.90 Å². The minimum atomic E-state index is -3.60. The third-order valence-corrected chi connectivity index (χ3v) is 8.74. The minimum absolute atomic E-state index is 0.135. The van der Waals surface area contributed by atoms with Gasteiger partial charge in [-0.1, -0.05) is 6.07 Å². The largest absolute Gasteiger partial charge is 0.326 e. The second-order valence-corrected chi connectivity index (χ2v) is 11.0. The van der Waals surface area contributed by atoms with Gasteiger partial charge in [-0.05, 0) is 97.3 Å². The highest BCUT2D eigenvalue weighted by atomic mass is 32.2. The molecule has 0 bridgehead atoms. The number of aromatic nitrogens is 4. The Morgan fingerprint density at radius 3 is 2.51 bits per heavy atom. The van der Waals surface area contributed by atoms with E-state index < -0.39 is 15.8 Å². The molecule has 11 heteroatoms. The van der Waals surface area contributed by atoms with Crippen molar-refractivity contribution < 1.29 is 17.6 Å². The summed E-state index contributed by atoms with van der Waals surface area (Å²) in [5, 5.41) is 13.9. The van der Waals surface area contributed by atoms with Crippen molar-refractivity contribution in [1.29, 1.82) is 0 Å². The topological polar surface area (TPSA) is 110 Å². The summed E-state index contributed by atoms with van der Waals surface area (Å²) in [4.78, 5) is 13.2. The number of hydrogen-bond acceptors (Lipinski definition) is 6. The third-order valence-electron chi connectivity index (χ3n) is 6.85. The van der Waals surface area contributed by atoms with E-state index in [1.54, 1.807) is 13.0 Å². The number of halogens is 1. The molecule has 2 heterocycles. The first-order valence-corrected chi connectivity index (χ1v) is 13.2. The molecule has 1 N–H and O–H groups in total. The first-order valence-electron chi connectivity index (χ1n) is 11.8. The monoisotopic (exact) mass is 498 g/mol. The summed E-state index contributed by atoms with van der Waals surface area (Å²) in [6.07, 6.45) is 4.97. The molecule has 0 radical (unpaired) electrons. The van der Waals surface area contributed by atoms with Gasteiger partial charge in [-0.3, -0.25) is 4.79 Å². The number of amides is 1. The van der Waals surface area contributed by atoms with Gasteiger partial charge in [0.15, 0.2) is 5.82 Å². The van der Waals surface area contributed by atoms with Gasteiger partial charge in [0.25, 0.3) is 0 Å². The van der Waals surface area contributed by atoms with Gasteiger partial charge in [-0.2, -0.15) is 8.99 Å². The molecule has 0 saturated carbocycles. The number of fused-ring (bicyclic) bond motifs is 1. The summed E-state index contributed by atoms with van der Waals surface area (Å²) in [6.45, 7) is 2.20. The molecule has 1 aliphatic carbocycles. The highest BCUT2D eigenvalue weighted by Crippen LogP contribution is 2.29. The van der Waals surface area contributed by atoms with Crippen LogP contribution >= 0.6 is 0 Å². The fourth-order valence-electron chi connectivity index (χ4n) is 4.83. The van der Waals surface area contributed by atoms with Crippen LogP contribution < -0.4 is 5.32 Å². The fourth-order valence-corrected chi connectivity index (χ4v) is 6.35. The van der Waals surface area contributed by atoms with E-state index >= 15 is 0 Å². The number of nitrogens with zero attached hydrogens (tertiary/aromatic N) is 5. The van der Waals surface area contributed by atoms with E-state index in [2.05, 4.69) is 20.8 Å². The number of aryl methyl sites for hydroxylation is 3. The number of nitrogens with one attached hydrogen (secondary N) is 1. The Labute approximate surface area is 203 Å². The number of anilines is 1. The molecule has 35 heavy (non-hydrogen) atoms. The fraction of sp³-hybridized carbons (Fsp3) is 0.417. The average molecular weight is 499 g/mol. The predicted octanol–water partition coefficient (Wildman–Crippen LogP) is 3.03. The van der Waals surface area contributed by atoms with E-state index in [0.29, 0.717) is 29.2 Å². The zero-order chi connectivity index (χ0) is 24.6. The Morgan fingerprint density at radius 2 is 1.80 bits per heavy atom. The van der Waals surface area contributed by atoms with Gasteiger partial charge in [-0.25, -0.2) is 12.8 Å². The second-order valence-electron chi connectivity index (χ2n) is 9.11. The van der Waals surface area contributed by atoms with Crippen molar-refractivity contribution in [2.75, 3.05) is 18.4 Å². The molecular formula is C24H27FN6O3S. The number of hydrogen-bond donors (Lipinski definition) is 1. The number of sulfonamides is 1. The molecule has 9 nitrogen and oxygen atoms in total. The van der Waals surface area contributed by atoms with Crippen LogP contribution in [0.3, 0.4) is 0 Å². The van der Waals surface area contributed by atoms with Crippen molar-refractivity contribution in [2.24, 2.45) is 5.92 Å². The van der Waals surface area contributed by atoms with Gasteiger partial charge < -0.3 is 5.32 Å². The van der Waals surface area contributed by atoms with Crippen LogP contribution in [0.5, 0.6) is 0 Å². The summed E-state index contributed by atoms with van der Waals surface area (Å²) < 4.78 is 43.5. The van der Waals surface area contributed by atoms with E-state index in [-0.39, 0.29) is 30.6 Å². The maximum Gasteiger partial charge on any atom is 0.243 e. The SMILES string of the molecule is Cc1nnnn1-c1cc(NC(=O)C2CCN(S(=O)(=O)c3ccc4c(c3)CCCC4)CC2)ccc1F. The standard InChI is InChI=1S/C24H27FN6O3S/c1-16-27-28-29-31(16)23-15-20(7-9-22(23)25)26-24(32)18-10-12-30(13-11-18)35(33,34)21-8-6-17-4-2-3-5-19(17)14-21/h6-9,14-15,18H,2-5,10-13H2,1H3,(H,26,32).